The Bertz CT molecular complexity index is 515. The molecule has 1 aromatic rings. The van der Waals surface area contributed by atoms with E-state index in [0.717, 1.165) is 12.1 Å². The van der Waals surface area contributed by atoms with Gasteiger partial charge in [-0.15, -0.1) is 0 Å². The highest BCUT2D eigenvalue weighted by Crippen LogP contribution is 2.34. The van der Waals surface area contributed by atoms with E-state index in [-0.39, 0.29) is 23.3 Å². The summed E-state index contributed by atoms with van der Waals surface area (Å²) in [6.45, 7) is 2.78. The van der Waals surface area contributed by atoms with Crippen LogP contribution in [0.25, 0.3) is 0 Å². The van der Waals surface area contributed by atoms with Crippen molar-refractivity contribution in [3.8, 4) is 6.07 Å². The Kier molecular flexibility index (Phi) is 3.96. The molecule has 0 atom stereocenters. The molecule has 0 bridgehead atoms. The van der Waals surface area contributed by atoms with E-state index < -0.39 is 17.7 Å². The molecule has 0 fully saturated rings. The second-order valence-corrected chi connectivity index (χ2v) is 3.53. The number of hydrogen-bond donors (Lipinski definition) is 0. The predicted molar refractivity (Wildman–Crippen MR) is 56.9 cm³/mol. The molecule has 0 aromatic heterocycles. The maximum Gasteiger partial charge on any atom is 0.416 e. The summed E-state index contributed by atoms with van der Waals surface area (Å²) >= 11 is 0. The summed E-state index contributed by atoms with van der Waals surface area (Å²) < 4.78 is 42.9. The molecule has 0 heterocycles. The smallest absolute Gasteiger partial charge is 0.416 e. The van der Waals surface area contributed by atoms with Crippen molar-refractivity contribution in [3.63, 3.8) is 0 Å². The van der Waals surface area contributed by atoms with E-state index in [4.69, 9.17) is 5.26 Å². The number of ether oxygens (including phenoxy) is 1. The number of carbonyl (C=O) groups is 1. The second kappa shape index (κ2) is 5.08. The minimum absolute atomic E-state index is 0.0520. The van der Waals surface area contributed by atoms with Crippen LogP contribution in [-0.2, 0) is 10.9 Å². The van der Waals surface area contributed by atoms with E-state index in [1.807, 2.05) is 0 Å². The number of rotatable bonds is 2. The normalized spacial score (nSPS) is 10.9. The van der Waals surface area contributed by atoms with Crippen LogP contribution in [0.2, 0.25) is 0 Å². The zero-order chi connectivity index (χ0) is 13.9. The number of halogens is 3. The Morgan fingerprint density at radius 2 is 2.06 bits per heavy atom. The van der Waals surface area contributed by atoms with Crippen molar-refractivity contribution in [2.24, 2.45) is 0 Å². The van der Waals surface area contributed by atoms with E-state index in [1.54, 1.807) is 13.0 Å². The first kappa shape index (κ1) is 14.0. The molecular weight excluding hydrogens is 247 g/mol. The van der Waals surface area contributed by atoms with Crippen LogP contribution < -0.4 is 0 Å². The number of benzene rings is 1. The fraction of sp³-hybridized carbons (Fsp3) is 0.333. The number of nitrogens with zero attached hydrogens (tertiary/aromatic N) is 1. The van der Waals surface area contributed by atoms with Crippen LogP contribution in [0.5, 0.6) is 0 Å². The molecule has 0 aliphatic carbocycles. The van der Waals surface area contributed by atoms with Gasteiger partial charge in [-0.05, 0) is 31.5 Å². The van der Waals surface area contributed by atoms with E-state index in [2.05, 4.69) is 4.74 Å². The van der Waals surface area contributed by atoms with Crippen LogP contribution in [0, 0.1) is 18.3 Å². The summed E-state index contributed by atoms with van der Waals surface area (Å²) in [6, 6.07) is 3.42. The standard InChI is InChI=1S/C12H10F3NO2/c1-3-18-11(17)9-4-8(6-16)5-10(7(9)2)12(13,14)15/h4-5H,3H2,1-2H3. The van der Waals surface area contributed by atoms with Crippen molar-refractivity contribution in [2.45, 2.75) is 20.0 Å². The van der Waals surface area contributed by atoms with Gasteiger partial charge in [0.1, 0.15) is 0 Å². The largest absolute Gasteiger partial charge is 0.462 e. The molecule has 96 valence electrons. The van der Waals surface area contributed by atoms with Crippen molar-refractivity contribution in [3.05, 3.63) is 34.4 Å². The summed E-state index contributed by atoms with van der Waals surface area (Å²) in [5, 5.41) is 8.69. The summed E-state index contributed by atoms with van der Waals surface area (Å²) in [4.78, 5) is 11.5. The SMILES string of the molecule is CCOC(=O)c1cc(C#N)cc(C(F)(F)F)c1C. The van der Waals surface area contributed by atoms with Crippen molar-refractivity contribution >= 4 is 5.97 Å². The lowest BCUT2D eigenvalue weighted by atomic mass is 9.98. The second-order valence-electron chi connectivity index (χ2n) is 3.53. The number of esters is 1. The summed E-state index contributed by atoms with van der Waals surface area (Å²) in [6.07, 6.45) is -4.61. The maximum atomic E-state index is 12.7. The third-order valence-corrected chi connectivity index (χ3v) is 2.34. The average Bonchev–Trinajstić information content (AvgIpc) is 2.28. The number of nitriles is 1. The van der Waals surface area contributed by atoms with Gasteiger partial charge in [0, 0.05) is 0 Å². The van der Waals surface area contributed by atoms with Crippen LogP contribution in [0.3, 0.4) is 0 Å². The van der Waals surface area contributed by atoms with E-state index >= 15 is 0 Å². The Balaban J connectivity index is 3.45. The third-order valence-electron chi connectivity index (χ3n) is 2.34. The van der Waals surface area contributed by atoms with Crippen LogP contribution in [0.15, 0.2) is 12.1 Å². The monoisotopic (exact) mass is 257 g/mol. The zero-order valence-electron chi connectivity index (χ0n) is 9.76. The molecule has 0 saturated carbocycles. The summed E-state index contributed by atoms with van der Waals surface area (Å²) in [5.74, 6) is -0.863. The van der Waals surface area contributed by atoms with Gasteiger partial charge in [-0.25, -0.2) is 4.79 Å². The predicted octanol–water partition coefficient (Wildman–Crippen LogP) is 3.06. The van der Waals surface area contributed by atoms with Gasteiger partial charge in [-0.3, -0.25) is 0 Å². The Labute approximate surface area is 102 Å². The first-order chi connectivity index (χ1) is 8.31. The van der Waals surface area contributed by atoms with Crippen molar-refractivity contribution in [1.82, 2.24) is 0 Å². The van der Waals surface area contributed by atoms with Crippen LogP contribution in [0.1, 0.15) is 34.0 Å². The Morgan fingerprint density at radius 1 is 1.44 bits per heavy atom. The quantitative estimate of drug-likeness (QED) is 0.765. The molecule has 1 rings (SSSR count). The van der Waals surface area contributed by atoms with E-state index in [9.17, 15) is 18.0 Å². The molecule has 3 nitrogen and oxygen atoms in total. The van der Waals surface area contributed by atoms with Gasteiger partial charge < -0.3 is 4.74 Å². The van der Waals surface area contributed by atoms with Crippen LogP contribution in [0.4, 0.5) is 13.2 Å². The number of alkyl halides is 3. The van der Waals surface area contributed by atoms with Crippen LogP contribution in [-0.4, -0.2) is 12.6 Å². The third kappa shape index (κ3) is 2.80. The lowest BCUT2D eigenvalue weighted by Gasteiger charge is -2.13. The molecule has 0 unspecified atom stereocenters. The van der Waals surface area contributed by atoms with Gasteiger partial charge in [0.05, 0.1) is 29.4 Å². The Morgan fingerprint density at radius 3 is 2.50 bits per heavy atom. The fourth-order valence-electron chi connectivity index (χ4n) is 1.49. The fourth-order valence-corrected chi connectivity index (χ4v) is 1.49. The highest BCUT2D eigenvalue weighted by Gasteiger charge is 2.34. The van der Waals surface area contributed by atoms with Crippen molar-refractivity contribution < 1.29 is 22.7 Å². The van der Waals surface area contributed by atoms with E-state index in [1.165, 1.54) is 6.92 Å². The average molecular weight is 257 g/mol. The highest BCUT2D eigenvalue weighted by molar-refractivity contribution is 5.92. The lowest BCUT2D eigenvalue weighted by molar-refractivity contribution is -0.138. The van der Waals surface area contributed by atoms with Gasteiger partial charge in [-0.1, -0.05) is 0 Å². The van der Waals surface area contributed by atoms with Gasteiger partial charge in [0.2, 0.25) is 0 Å². The van der Waals surface area contributed by atoms with Crippen molar-refractivity contribution in [2.75, 3.05) is 6.61 Å². The molecule has 1 aromatic carbocycles. The summed E-state index contributed by atoms with van der Waals surface area (Å²) in [7, 11) is 0. The maximum absolute atomic E-state index is 12.7. The minimum atomic E-state index is -4.61. The minimum Gasteiger partial charge on any atom is -0.462 e. The topological polar surface area (TPSA) is 50.1 Å². The molecule has 0 N–H and O–H groups in total. The molecular formula is C12H10F3NO2. The lowest BCUT2D eigenvalue weighted by Crippen LogP contribution is -2.14. The van der Waals surface area contributed by atoms with E-state index in [0.29, 0.717) is 0 Å². The molecule has 0 spiro atoms. The Hall–Kier alpha value is -2.03. The molecule has 18 heavy (non-hydrogen) atoms. The molecule has 6 heteroatoms. The molecule has 0 radical (unpaired) electrons. The first-order valence-corrected chi connectivity index (χ1v) is 5.10. The molecule has 0 aliphatic heterocycles. The van der Waals surface area contributed by atoms with Gasteiger partial charge in [0.15, 0.2) is 0 Å². The molecule has 0 amide bonds. The van der Waals surface area contributed by atoms with Crippen molar-refractivity contribution in [1.29, 1.82) is 5.26 Å². The highest BCUT2D eigenvalue weighted by atomic mass is 19.4. The van der Waals surface area contributed by atoms with Gasteiger partial charge >= 0.3 is 12.1 Å². The number of hydrogen-bond acceptors (Lipinski definition) is 3. The van der Waals surface area contributed by atoms with Gasteiger partial charge in [-0.2, -0.15) is 18.4 Å². The number of carbonyl (C=O) groups excluding carboxylic acids is 1. The van der Waals surface area contributed by atoms with Gasteiger partial charge in [0.25, 0.3) is 0 Å². The molecule has 0 aliphatic rings. The molecule has 0 saturated heterocycles. The van der Waals surface area contributed by atoms with Crippen LogP contribution >= 0.6 is 0 Å². The first-order valence-electron chi connectivity index (χ1n) is 5.10. The summed E-state index contributed by atoms with van der Waals surface area (Å²) in [5.41, 5.74) is -1.69. The zero-order valence-corrected chi connectivity index (χ0v) is 9.76.